The number of para-hydroxylation sites is 2. The Kier molecular flexibility index (Phi) is 34.2. The van der Waals surface area contributed by atoms with Gasteiger partial charge in [0.25, 0.3) is 0 Å². The number of halogens is 1. The van der Waals surface area contributed by atoms with Gasteiger partial charge in [-0.1, -0.05) is 94.4 Å². The molecule has 5 aromatic rings. The number of unbranched alkanes of at least 4 members (excludes halogenated alkanes) is 1. The van der Waals surface area contributed by atoms with Crippen LogP contribution in [0.5, 0.6) is 0 Å². The number of nitrogens with one attached hydrogen (secondary N) is 10. The van der Waals surface area contributed by atoms with Crippen molar-refractivity contribution in [1.82, 2.24) is 62.3 Å². The molecule has 2 saturated heterocycles. The maximum Gasteiger partial charge on any atom is 0.245 e. The highest BCUT2D eigenvalue weighted by Crippen LogP contribution is 2.26. The van der Waals surface area contributed by atoms with Crippen LogP contribution in [-0.4, -0.2) is 195 Å². The molecule has 13 amide bonds. The molecule has 0 bridgehead atoms. The fraction of sp³-hybridized carbons (Fsp3) is 0.520. The standard InChI is InChI=1S/C75H108N20O13.ClH/c1-42(2)35-55(64(80)98)89-67(101)56(36-43(3)4)90-69(103)59(39-46-41-85-51-23-11-9-20-48(46)51)93-68(102)57(37-44-17-6-5-7-18-44)91-70(104)58(38-45-40-84-50-22-10-8-19-47(45)50)92-66(100)52(27-29-62(78)96)86-65(99)53(28-30-63(79)97)87-71(105)61-26-16-34-95(61)74(108)54(24-12-13-31-76)88-72(106)60-25-15-33-94(60)73(107)49(77)21-14-32-83-75(81)82;/h5-11,17-20,22-23,40-43,49,52-61,84-85H,12-16,21,24-39,76-77H2,1-4H3,(H2,78,96)(H2,79,97)(H2,80,98)(H,86,99)(H,87,105)(H,88,106)(H,89,101)(H,90,103)(H,91,104)(H,92,100)(H,93,102)(H4,81,82,83);1H/t49-,52+,53+,54+,55+,56+,57+,58-,59-,60+,61+;/m1./s1. The molecular weight excluding hydrogens is 1420 g/mol. The van der Waals surface area contributed by atoms with Crippen molar-refractivity contribution in [3.63, 3.8) is 0 Å². The van der Waals surface area contributed by atoms with Gasteiger partial charge < -0.3 is 102 Å². The van der Waals surface area contributed by atoms with E-state index in [0.29, 0.717) is 66.1 Å². The van der Waals surface area contributed by atoms with Crippen molar-refractivity contribution in [2.24, 2.45) is 57.0 Å². The number of nitrogens with zero attached hydrogens (tertiary/aromatic N) is 3. The number of guanidine groups is 1. The predicted octanol–water partition coefficient (Wildman–Crippen LogP) is -0.422. The molecule has 0 saturated carbocycles. The molecule has 109 heavy (non-hydrogen) atoms. The van der Waals surface area contributed by atoms with Crippen LogP contribution in [0.3, 0.4) is 0 Å². The first-order valence-electron chi connectivity index (χ1n) is 37.1. The summed E-state index contributed by atoms with van der Waals surface area (Å²) in [4.78, 5) is 197. The second-order valence-corrected chi connectivity index (χ2v) is 28.7. The van der Waals surface area contributed by atoms with Crippen LogP contribution in [0.1, 0.15) is 141 Å². The molecule has 4 heterocycles. The van der Waals surface area contributed by atoms with Gasteiger partial charge in [-0.2, -0.15) is 0 Å². The van der Waals surface area contributed by atoms with E-state index in [4.69, 9.17) is 40.1 Å². The third-order valence-corrected chi connectivity index (χ3v) is 19.2. The van der Waals surface area contributed by atoms with Crippen LogP contribution in [0.25, 0.3) is 21.8 Å². The first-order chi connectivity index (χ1) is 51.5. The van der Waals surface area contributed by atoms with E-state index in [1.807, 2.05) is 45.9 Å². The number of carbonyl (C=O) groups excluding carboxylic acids is 13. The second-order valence-electron chi connectivity index (χ2n) is 28.7. The minimum absolute atomic E-state index is 0. The number of aromatic nitrogens is 2. The molecular formula is C75H109ClN20O13. The first-order valence-corrected chi connectivity index (χ1v) is 37.1. The molecule has 34 heteroatoms. The van der Waals surface area contributed by atoms with Crippen LogP contribution in [0, 0.1) is 11.8 Å². The summed E-state index contributed by atoms with van der Waals surface area (Å²) < 4.78 is 0. The van der Waals surface area contributed by atoms with E-state index >= 15 is 14.4 Å². The lowest BCUT2D eigenvalue weighted by molar-refractivity contribution is -0.144. The first kappa shape index (κ1) is 87.2. The van der Waals surface area contributed by atoms with Crippen molar-refractivity contribution in [2.75, 3.05) is 26.2 Å². The molecule has 2 aliphatic heterocycles. The molecule has 3 aromatic carbocycles. The molecule has 594 valence electrons. The average molecular weight is 1530 g/mol. The lowest BCUT2D eigenvalue weighted by Crippen LogP contribution is -2.61. The minimum atomic E-state index is -1.69. The Bertz CT molecular complexity index is 4000. The Morgan fingerprint density at radius 2 is 0.881 bits per heavy atom. The maximum absolute atomic E-state index is 15.4. The zero-order chi connectivity index (χ0) is 78.7. The summed E-state index contributed by atoms with van der Waals surface area (Å²) in [6.45, 7) is 8.24. The third kappa shape index (κ3) is 26.3. The summed E-state index contributed by atoms with van der Waals surface area (Å²) in [5, 5.41) is 23.5. The second kappa shape index (κ2) is 42.8. The zero-order valence-electron chi connectivity index (χ0n) is 62.3. The zero-order valence-corrected chi connectivity index (χ0v) is 63.1. The number of aliphatic imine (C=N–C) groups is 1. The molecule has 2 aromatic heterocycles. The molecule has 2 aliphatic rings. The average Bonchev–Trinajstić information content (AvgIpc) is 1.74. The number of hydrogen-bond donors (Lipinski definition) is 17. The summed E-state index contributed by atoms with van der Waals surface area (Å²) in [6, 6.07) is 8.67. The van der Waals surface area contributed by atoms with Crippen LogP contribution < -0.4 is 82.7 Å². The van der Waals surface area contributed by atoms with E-state index in [9.17, 15) is 47.9 Å². The fourth-order valence-corrected chi connectivity index (χ4v) is 13.6. The number of amides is 13. The monoisotopic (exact) mass is 1530 g/mol. The van der Waals surface area contributed by atoms with Crippen molar-refractivity contribution in [1.29, 1.82) is 0 Å². The number of nitrogens with two attached hydrogens (primary N) is 7. The van der Waals surface area contributed by atoms with Crippen LogP contribution in [0.15, 0.2) is 96.2 Å². The lowest BCUT2D eigenvalue weighted by Gasteiger charge is -2.32. The highest BCUT2D eigenvalue weighted by Gasteiger charge is 2.43. The van der Waals surface area contributed by atoms with Crippen LogP contribution >= 0.6 is 12.4 Å². The van der Waals surface area contributed by atoms with E-state index in [1.165, 1.54) is 9.80 Å². The van der Waals surface area contributed by atoms with E-state index in [1.54, 1.807) is 73.1 Å². The Morgan fingerprint density at radius 1 is 0.468 bits per heavy atom. The van der Waals surface area contributed by atoms with Gasteiger partial charge in [-0.25, -0.2) is 0 Å². The van der Waals surface area contributed by atoms with Gasteiger partial charge in [-0.15, -0.1) is 12.4 Å². The van der Waals surface area contributed by atoms with Gasteiger partial charge in [0.05, 0.1) is 6.04 Å². The maximum atomic E-state index is 15.4. The molecule has 24 N–H and O–H groups in total. The Morgan fingerprint density at radius 3 is 1.36 bits per heavy atom. The highest BCUT2D eigenvalue weighted by molar-refractivity contribution is 6.00. The highest BCUT2D eigenvalue weighted by atomic mass is 35.5. The third-order valence-electron chi connectivity index (χ3n) is 19.2. The van der Waals surface area contributed by atoms with E-state index in [2.05, 4.69) is 57.5 Å². The Balaban J connectivity index is 0.0000186. The van der Waals surface area contributed by atoms with Gasteiger partial charge in [0, 0.05) is 85.9 Å². The molecule has 7 rings (SSSR count). The number of fused-ring (bicyclic) bond motifs is 2. The molecule has 33 nitrogen and oxygen atoms in total. The molecule has 0 aliphatic carbocycles. The molecule has 2 fully saturated rings. The van der Waals surface area contributed by atoms with Gasteiger partial charge in [-0.3, -0.25) is 67.3 Å². The lowest BCUT2D eigenvalue weighted by atomic mass is 9.98. The summed E-state index contributed by atoms with van der Waals surface area (Å²) >= 11 is 0. The number of aromatic amines is 2. The predicted molar refractivity (Wildman–Crippen MR) is 412 cm³/mol. The van der Waals surface area contributed by atoms with Crippen molar-refractivity contribution in [3.05, 3.63) is 108 Å². The summed E-state index contributed by atoms with van der Waals surface area (Å²) in [5.41, 5.74) is 43.1. The quantitative estimate of drug-likeness (QED) is 0.0134. The number of likely N-dealkylation sites (tertiary alicyclic amines) is 2. The van der Waals surface area contributed by atoms with Gasteiger partial charge >= 0.3 is 0 Å². The largest absolute Gasteiger partial charge is 0.370 e. The normalized spacial score (nSPS) is 16.6. The van der Waals surface area contributed by atoms with Crippen molar-refractivity contribution in [2.45, 2.75) is 210 Å². The van der Waals surface area contributed by atoms with Gasteiger partial charge in [-0.05, 0) is 131 Å². The number of benzene rings is 3. The smallest absolute Gasteiger partial charge is 0.245 e. The SMILES string of the molecule is CC(C)C[C@H](NC(=O)[C@H](CC(C)C)NC(=O)[C@@H](Cc1c[nH]c2ccccc12)NC(=O)[C@H](Cc1ccccc1)NC(=O)[C@@H](Cc1c[nH]c2ccccc12)NC(=O)[C@H](CCC(N)=O)NC(=O)[C@H](CCC(N)=O)NC(=O)[C@@H]1CCCN1C(=O)[C@H](CCCCN)NC(=O)[C@@H]1CCCN1C(=O)[C@H](N)CCCN=C(N)N)C(N)=O.Cl. The van der Waals surface area contributed by atoms with Gasteiger partial charge in [0.2, 0.25) is 76.8 Å². The van der Waals surface area contributed by atoms with E-state index in [0.717, 1.165) is 10.9 Å². The number of rotatable bonds is 43. The molecule has 0 radical (unpaired) electrons. The summed E-state index contributed by atoms with van der Waals surface area (Å²) in [7, 11) is 0. The van der Waals surface area contributed by atoms with Crippen LogP contribution in [0.2, 0.25) is 0 Å². The number of hydrogen-bond acceptors (Lipinski definition) is 16. The van der Waals surface area contributed by atoms with Crippen molar-refractivity contribution < 1.29 is 62.3 Å². The fourth-order valence-electron chi connectivity index (χ4n) is 13.6. The Hall–Kier alpha value is -10.7. The van der Waals surface area contributed by atoms with Gasteiger partial charge in [0.15, 0.2) is 5.96 Å². The number of primary amides is 3. The summed E-state index contributed by atoms with van der Waals surface area (Å²) in [6.07, 6.45) is 4.13. The molecule has 0 spiro atoms. The van der Waals surface area contributed by atoms with E-state index in [-0.39, 0.29) is 108 Å². The molecule has 0 unspecified atom stereocenters. The van der Waals surface area contributed by atoms with Crippen LogP contribution in [-0.2, 0) is 81.6 Å². The van der Waals surface area contributed by atoms with E-state index < -0.39 is 169 Å². The number of carbonyl (C=O) groups is 13. The Labute approximate surface area is 639 Å². The van der Waals surface area contributed by atoms with Gasteiger partial charge in [0.1, 0.15) is 60.4 Å². The molecule has 11 atom stereocenters. The topological polar surface area (TPSA) is 551 Å². The minimum Gasteiger partial charge on any atom is -0.370 e. The number of H-pyrrole nitrogens is 2. The summed E-state index contributed by atoms with van der Waals surface area (Å²) in [5.74, 6) is -10.6. The van der Waals surface area contributed by atoms with Crippen molar-refractivity contribution in [3.8, 4) is 0 Å². The van der Waals surface area contributed by atoms with Crippen LogP contribution in [0.4, 0.5) is 0 Å². The van der Waals surface area contributed by atoms with Crippen molar-refractivity contribution >= 4 is 117 Å².